The van der Waals surface area contributed by atoms with Crippen molar-refractivity contribution in [3.05, 3.63) is 10.6 Å². The van der Waals surface area contributed by atoms with Crippen molar-refractivity contribution < 1.29 is 4.74 Å². The minimum Gasteiger partial charge on any atom is -0.381 e. The molecule has 1 aromatic heterocycles. The first-order valence-corrected chi connectivity index (χ1v) is 5.93. The molecule has 1 unspecified atom stereocenters. The van der Waals surface area contributed by atoms with E-state index in [1.54, 1.807) is 0 Å². The molecule has 1 aliphatic heterocycles. The Labute approximate surface area is 93.1 Å². The van der Waals surface area contributed by atoms with E-state index in [9.17, 15) is 0 Å². The van der Waals surface area contributed by atoms with Crippen molar-refractivity contribution in [2.75, 3.05) is 13.2 Å². The van der Waals surface area contributed by atoms with Gasteiger partial charge in [-0.3, -0.25) is 11.3 Å². The molecule has 2 heterocycles. The Morgan fingerprint density at radius 1 is 1.53 bits per heavy atom. The Balaban J connectivity index is 2.12. The molecule has 0 aliphatic carbocycles. The molecule has 0 spiro atoms. The molecule has 1 atom stereocenters. The van der Waals surface area contributed by atoms with Crippen LogP contribution in [0.2, 0.25) is 0 Å². The van der Waals surface area contributed by atoms with Gasteiger partial charge in [0, 0.05) is 13.2 Å². The molecular formula is C9H16N4OS. The molecular weight excluding hydrogens is 212 g/mol. The normalized spacial score (nSPS) is 20.4. The number of aromatic nitrogens is 2. The van der Waals surface area contributed by atoms with Crippen LogP contribution in [-0.4, -0.2) is 22.8 Å². The Kier molecular flexibility index (Phi) is 3.63. The van der Waals surface area contributed by atoms with Crippen LogP contribution in [0, 0.1) is 12.8 Å². The molecule has 15 heavy (non-hydrogen) atoms. The minimum atomic E-state index is 0.175. The summed E-state index contributed by atoms with van der Waals surface area (Å²) in [7, 11) is 0. The Bertz CT molecular complexity index is 311. The lowest BCUT2D eigenvalue weighted by atomic mass is 9.91. The van der Waals surface area contributed by atoms with Gasteiger partial charge in [0.15, 0.2) is 0 Å². The van der Waals surface area contributed by atoms with E-state index in [1.165, 1.54) is 11.5 Å². The quantitative estimate of drug-likeness (QED) is 0.591. The monoisotopic (exact) mass is 228 g/mol. The topological polar surface area (TPSA) is 73.1 Å². The molecule has 5 nitrogen and oxygen atoms in total. The molecule has 0 radical (unpaired) electrons. The van der Waals surface area contributed by atoms with Gasteiger partial charge < -0.3 is 4.74 Å². The van der Waals surface area contributed by atoms with E-state index in [2.05, 4.69) is 15.0 Å². The highest BCUT2D eigenvalue weighted by Crippen LogP contribution is 2.32. The number of rotatable bonds is 3. The Hall–Kier alpha value is -0.560. The molecule has 1 fully saturated rings. The lowest BCUT2D eigenvalue weighted by molar-refractivity contribution is 0.0539. The minimum absolute atomic E-state index is 0.175. The second-order valence-corrected chi connectivity index (χ2v) is 4.60. The summed E-state index contributed by atoms with van der Waals surface area (Å²) < 4.78 is 9.30. The zero-order chi connectivity index (χ0) is 10.7. The van der Waals surface area contributed by atoms with Crippen LogP contribution in [0.5, 0.6) is 0 Å². The van der Waals surface area contributed by atoms with Crippen molar-refractivity contribution >= 4 is 11.5 Å². The number of ether oxygens (including phenoxy) is 1. The Morgan fingerprint density at radius 3 is 2.80 bits per heavy atom. The number of aryl methyl sites for hydroxylation is 1. The van der Waals surface area contributed by atoms with E-state index < -0.39 is 0 Å². The molecule has 6 heteroatoms. The van der Waals surface area contributed by atoms with Gasteiger partial charge in [0.1, 0.15) is 0 Å². The van der Waals surface area contributed by atoms with E-state index in [0.29, 0.717) is 5.92 Å². The van der Waals surface area contributed by atoms with Gasteiger partial charge in [-0.2, -0.15) is 0 Å². The average molecular weight is 228 g/mol. The summed E-state index contributed by atoms with van der Waals surface area (Å²) in [6.45, 7) is 3.63. The third kappa shape index (κ3) is 2.34. The van der Waals surface area contributed by atoms with Crippen molar-refractivity contribution in [3.8, 4) is 0 Å². The number of hydrogen-bond donors (Lipinski definition) is 2. The molecule has 1 aromatic rings. The summed E-state index contributed by atoms with van der Waals surface area (Å²) in [5.74, 6) is 6.16. The van der Waals surface area contributed by atoms with Crippen molar-refractivity contribution in [1.82, 2.24) is 15.0 Å². The molecule has 84 valence electrons. The fourth-order valence-corrected chi connectivity index (χ4v) is 2.80. The molecule has 1 aliphatic rings. The number of hydrogen-bond acceptors (Lipinski definition) is 6. The van der Waals surface area contributed by atoms with Gasteiger partial charge in [0.05, 0.1) is 16.6 Å². The number of nitrogens with two attached hydrogens (primary N) is 1. The van der Waals surface area contributed by atoms with Crippen molar-refractivity contribution in [3.63, 3.8) is 0 Å². The maximum Gasteiger partial charge on any atom is 0.0773 e. The van der Waals surface area contributed by atoms with E-state index >= 15 is 0 Å². The SMILES string of the molecule is Cc1nnsc1C(NN)C1CCOCC1. The van der Waals surface area contributed by atoms with Crippen LogP contribution in [0.15, 0.2) is 0 Å². The second kappa shape index (κ2) is 4.98. The summed E-state index contributed by atoms with van der Waals surface area (Å²) in [4.78, 5) is 1.16. The second-order valence-electron chi connectivity index (χ2n) is 3.82. The van der Waals surface area contributed by atoms with Gasteiger partial charge in [0.2, 0.25) is 0 Å². The van der Waals surface area contributed by atoms with Gasteiger partial charge in [-0.05, 0) is 37.2 Å². The first-order chi connectivity index (χ1) is 7.33. The highest BCUT2D eigenvalue weighted by Gasteiger charge is 2.27. The predicted octanol–water partition coefficient (Wildman–Crippen LogP) is 0.778. The summed E-state index contributed by atoms with van der Waals surface area (Å²) >= 11 is 1.43. The van der Waals surface area contributed by atoms with Crippen LogP contribution >= 0.6 is 11.5 Å². The van der Waals surface area contributed by atoms with Crippen molar-refractivity contribution in [2.45, 2.75) is 25.8 Å². The number of hydrazine groups is 1. The summed E-state index contributed by atoms with van der Waals surface area (Å²) in [6, 6.07) is 0.175. The first-order valence-electron chi connectivity index (χ1n) is 5.15. The van der Waals surface area contributed by atoms with Crippen LogP contribution in [-0.2, 0) is 4.74 Å². The van der Waals surface area contributed by atoms with Crippen LogP contribution in [0.25, 0.3) is 0 Å². The van der Waals surface area contributed by atoms with Crippen LogP contribution in [0.4, 0.5) is 0 Å². The lowest BCUT2D eigenvalue weighted by Crippen LogP contribution is -2.36. The zero-order valence-corrected chi connectivity index (χ0v) is 9.59. The standard InChI is InChI=1S/C9H16N4OS/c1-6-9(15-13-12-6)8(11-10)7-2-4-14-5-3-7/h7-8,11H,2-5,10H2,1H3. The number of nitrogens with zero attached hydrogens (tertiary/aromatic N) is 2. The van der Waals surface area contributed by atoms with Gasteiger partial charge in [-0.1, -0.05) is 4.49 Å². The Morgan fingerprint density at radius 2 is 2.27 bits per heavy atom. The van der Waals surface area contributed by atoms with E-state index in [0.717, 1.165) is 36.6 Å². The van der Waals surface area contributed by atoms with E-state index in [1.807, 2.05) is 6.92 Å². The third-order valence-electron chi connectivity index (χ3n) is 2.89. The van der Waals surface area contributed by atoms with Crippen LogP contribution in [0.1, 0.15) is 29.5 Å². The van der Waals surface area contributed by atoms with Gasteiger partial charge in [-0.15, -0.1) is 5.10 Å². The summed E-state index contributed by atoms with van der Waals surface area (Å²) in [5, 5.41) is 4.02. The van der Waals surface area contributed by atoms with E-state index in [-0.39, 0.29) is 6.04 Å². The van der Waals surface area contributed by atoms with Crippen LogP contribution in [0.3, 0.4) is 0 Å². The highest BCUT2D eigenvalue weighted by atomic mass is 32.1. The molecule has 0 amide bonds. The summed E-state index contributed by atoms with van der Waals surface area (Å²) in [6.07, 6.45) is 2.10. The smallest absolute Gasteiger partial charge is 0.0773 e. The number of nitrogens with one attached hydrogen (secondary N) is 1. The fraction of sp³-hybridized carbons (Fsp3) is 0.778. The molecule has 2 rings (SSSR count). The van der Waals surface area contributed by atoms with Gasteiger partial charge in [-0.25, -0.2) is 0 Å². The first kappa shape index (κ1) is 10.9. The molecule has 0 aromatic carbocycles. The summed E-state index contributed by atoms with van der Waals surface area (Å²) in [5.41, 5.74) is 3.87. The van der Waals surface area contributed by atoms with Gasteiger partial charge in [0.25, 0.3) is 0 Å². The largest absolute Gasteiger partial charge is 0.381 e. The lowest BCUT2D eigenvalue weighted by Gasteiger charge is -2.28. The maximum absolute atomic E-state index is 5.62. The van der Waals surface area contributed by atoms with Crippen LogP contribution < -0.4 is 11.3 Å². The van der Waals surface area contributed by atoms with Crippen molar-refractivity contribution in [1.29, 1.82) is 0 Å². The molecule has 3 N–H and O–H groups in total. The maximum atomic E-state index is 5.62. The van der Waals surface area contributed by atoms with E-state index in [4.69, 9.17) is 10.6 Å². The molecule has 1 saturated heterocycles. The van der Waals surface area contributed by atoms with Gasteiger partial charge >= 0.3 is 0 Å². The fourth-order valence-electron chi connectivity index (χ4n) is 2.00. The third-order valence-corrected chi connectivity index (χ3v) is 3.80. The molecule has 0 bridgehead atoms. The zero-order valence-electron chi connectivity index (χ0n) is 8.77. The predicted molar refractivity (Wildman–Crippen MR) is 58.3 cm³/mol. The molecule has 0 saturated carbocycles. The highest BCUT2D eigenvalue weighted by molar-refractivity contribution is 7.05. The average Bonchev–Trinajstić information content (AvgIpc) is 2.68. The van der Waals surface area contributed by atoms with Crippen molar-refractivity contribution in [2.24, 2.45) is 11.8 Å².